The molecule has 1 spiro atoms. The predicted octanol–water partition coefficient (Wildman–Crippen LogP) is 3.82. The third kappa shape index (κ3) is 1.97. The Morgan fingerprint density at radius 3 is 2.85 bits per heavy atom. The molecule has 3 nitrogen and oxygen atoms in total. The van der Waals surface area contributed by atoms with E-state index < -0.39 is 6.10 Å². The molecule has 20 heavy (non-hydrogen) atoms. The Hall–Kier alpha value is -1.32. The van der Waals surface area contributed by atoms with Crippen molar-refractivity contribution >= 4 is 11.0 Å². The Bertz CT molecular complexity index is 578. The Morgan fingerprint density at radius 2 is 2.10 bits per heavy atom. The molecular weight excluding hydrogens is 252 g/mol. The van der Waals surface area contributed by atoms with Crippen molar-refractivity contribution in [3.8, 4) is 0 Å². The van der Waals surface area contributed by atoms with E-state index in [9.17, 15) is 5.11 Å². The molecule has 0 bridgehead atoms. The Morgan fingerprint density at radius 1 is 1.25 bits per heavy atom. The minimum atomic E-state index is -0.510. The molecule has 1 aromatic heterocycles. The molecule has 0 amide bonds. The van der Waals surface area contributed by atoms with Crippen molar-refractivity contribution in [2.75, 3.05) is 6.61 Å². The van der Waals surface area contributed by atoms with Gasteiger partial charge in [-0.25, -0.2) is 0 Å². The van der Waals surface area contributed by atoms with Gasteiger partial charge >= 0.3 is 0 Å². The molecule has 1 saturated carbocycles. The lowest BCUT2D eigenvalue weighted by molar-refractivity contribution is -0.158. The van der Waals surface area contributed by atoms with E-state index in [2.05, 4.69) is 0 Å². The maximum atomic E-state index is 10.6. The zero-order chi connectivity index (χ0) is 13.6. The lowest BCUT2D eigenvalue weighted by Crippen LogP contribution is -2.46. The molecule has 3 heteroatoms. The fourth-order valence-corrected chi connectivity index (χ4v) is 3.64. The number of furan rings is 1. The summed E-state index contributed by atoms with van der Waals surface area (Å²) in [6.45, 7) is 0.766. The number of ether oxygens (including phenoxy) is 1. The van der Waals surface area contributed by atoms with Crippen molar-refractivity contribution in [2.24, 2.45) is 5.92 Å². The van der Waals surface area contributed by atoms with E-state index in [0.717, 1.165) is 43.3 Å². The van der Waals surface area contributed by atoms with Gasteiger partial charge < -0.3 is 14.3 Å². The first-order chi connectivity index (χ1) is 9.76. The van der Waals surface area contributed by atoms with Crippen LogP contribution in [0.2, 0.25) is 0 Å². The third-order valence-electron chi connectivity index (χ3n) is 4.98. The normalized spacial score (nSPS) is 26.6. The van der Waals surface area contributed by atoms with Crippen molar-refractivity contribution in [3.63, 3.8) is 0 Å². The summed E-state index contributed by atoms with van der Waals surface area (Å²) >= 11 is 0. The van der Waals surface area contributed by atoms with Crippen LogP contribution in [0.5, 0.6) is 0 Å². The molecule has 4 rings (SSSR count). The van der Waals surface area contributed by atoms with Crippen LogP contribution in [-0.2, 0) is 4.74 Å². The fraction of sp³-hybridized carbons (Fsp3) is 0.529. The molecule has 1 N–H and O–H groups in total. The molecule has 1 aliphatic carbocycles. The monoisotopic (exact) mass is 272 g/mol. The average Bonchev–Trinajstić information content (AvgIpc) is 2.89. The number of hydrogen-bond acceptors (Lipinski definition) is 3. The SMILES string of the molecule is OC(c1cc2ccccc2o1)C1CCOC2(CCC2)C1. The minimum Gasteiger partial charge on any atom is -0.458 e. The molecule has 0 radical (unpaired) electrons. The first-order valence-electron chi connectivity index (χ1n) is 7.56. The number of hydrogen-bond donors (Lipinski definition) is 1. The fourth-order valence-electron chi connectivity index (χ4n) is 3.64. The largest absolute Gasteiger partial charge is 0.458 e. The van der Waals surface area contributed by atoms with E-state index in [0.29, 0.717) is 5.76 Å². The zero-order valence-corrected chi connectivity index (χ0v) is 11.5. The van der Waals surface area contributed by atoms with E-state index in [1.54, 1.807) is 0 Å². The molecule has 2 atom stereocenters. The van der Waals surface area contributed by atoms with Gasteiger partial charge in [-0.05, 0) is 50.2 Å². The van der Waals surface area contributed by atoms with Crippen LogP contribution in [0.15, 0.2) is 34.7 Å². The van der Waals surface area contributed by atoms with Gasteiger partial charge in [0.05, 0.1) is 5.60 Å². The highest BCUT2D eigenvalue weighted by Crippen LogP contribution is 2.47. The first kappa shape index (κ1) is 12.4. The maximum Gasteiger partial charge on any atom is 0.134 e. The predicted molar refractivity (Wildman–Crippen MR) is 76.4 cm³/mol. The summed E-state index contributed by atoms with van der Waals surface area (Å²) in [5, 5.41) is 11.7. The molecular formula is C17H20O3. The Balaban J connectivity index is 1.58. The first-order valence-corrected chi connectivity index (χ1v) is 7.56. The average molecular weight is 272 g/mol. The van der Waals surface area contributed by atoms with E-state index >= 15 is 0 Å². The van der Waals surface area contributed by atoms with Gasteiger partial charge in [0.15, 0.2) is 0 Å². The molecule has 2 fully saturated rings. The molecule has 2 unspecified atom stereocenters. The van der Waals surface area contributed by atoms with Crippen LogP contribution in [0.1, 0.15) is 44.0 Å². The van der Waals surface area contributed by atoms with Crippen LogP contribution in [0.25, 0.3) is 11.0 Å². The minimum absolute atomic E-state index is 0.0654. The lowest BCUT2D eigenvalue weighted by Gasteiger charge is -2.47. The lowest BCUT2D eigenvalue weighted by atomic mass is 9.70. The van der Waals surface area contributed by atoms with Gasteiger partial charge in [-0.15, -0.1) is 0 Å². The molecule has 1 aliphatic heterocycles. The van der Waals surface area contributed by atoms with E-state index in [-0.39, 0.29) is 11.5 Å². The number of rotatable bonds is 2. The zero-order valence-electron chi connectivity index (χ0n) is 11.5. The van der Waals surface area contributed by atoms with Gasteiger partial charge in [0.25, 0.3) is 0 Å². The maximum absolute atomic E-state index is 10.6. The van der Waals surface area contributed by atoms with E-state index in [1.807, 2.05) is 30.3 Å². The highest BCUT2D eigenvalue weighted by Gasteiger charge is 2.44. The highest BCUT2D eigenvalue weighted by molar-refractivity contribution is 5.77. The molecule has 1 aromatic carbocycles. The summed E-state index contributed by atoms with van der Waals surface area (Å²) < 4.78 is 11.7. The second-order valence-corrected chi connectivity index (χ2v) is 6.27. The third-order valence-corrected chi connectivity index (χ3v) is 4.98. The Labute approximate surface area is 118 Å². The quantitative estimate of drug-likeness (QED) is 0.903. The number of benzene rings is 1. The number of aliphatic hydroxyl groups excluding tert-OH is 1. The van der Waals surface area contributed by atoms with Crippen molar-refractivity contribution in [1.29, 1.82) is 0 Å². The van der Waals surface area contributed by atoms with Crippen molar-refractivity contribution < 1.29 is 14.3 Å². The van der Waals surface area contributed by atoms with Gasteiger partial charge in [-0.3, -0.25) is 0 Å². The van der Waals surface area contributed by atoms with Crippen molar-refractivity contribution in [2.45, 2.75) is 43.8 Å². The van der Waals surface area contributed by atoms with Gasteiger partial charge in [-0.2, -0.15) is 0 Å². The van der Waals surface area contributed by atoms with Crippen molar-refractivity contribution in [1.82, 2.24) is 0 Å². The highest BCUT2D eigenvalue weighted by atomic mass is 16.5. The van der Waals surface area contributed by atoms with Gasteiger partial charge in [-0.1, -0.05) is 18.2 Å². The van der Waals surface area contributed by atoms with Crippen molar-refractivity contribution in [3.05, 3.63) is 36.1 Å². The number of para-hydroxylation sites is 1. The summed E-state index contributed by atoms with van der Waals surface area (Å²) in [7, 11) is 0. The topological polar surface area (TPSA) is 42.6 Å². The van der Waals surface area contributed by atoms with E-state index in [1.165, 1.54) is 6.42 Å². The van der Waals surface area contributed by atoms with Gasteiger partial charge in [0.2, 0.25) is 0 Å². The summed E-state index contributed by atoms with van der Waals surface area (Å²) in [5.74, 6) is 0.956. The second kappa shape index (κ2) is 4.61. The number of fused-ring (bicyclic) bond motifs is 1. The molecule has 1 saturated heterocycles. The van der Waals surface area contributed by atoms with Gasteiger partial charge in [0.1, 0.15) is 17.4 Å². The van der Waals surface area contributed by atoms with Crippen LogP contribution in [-0.4, -0.2) is 17.3 Å². The second-order valence-electron chi connectivity index (χ2n) is 6.27. The molecule has 2 aliphatic rings. The molecule has 2 aromatic rings. The van der Waals surface area contributed by atoms with Crippen LogP contribution in [0, 0.1) is 5.92 Å². The summed E-state index contributed by atoms with van der Waals surface area (Å²) in [6, 6.07) is 9.89. The van der Waals surface area contributed by atoms with Gasteiger partial charge in [0, 0.05) is 12.0 Å². The van der Waals surface area contributed by atoms with Crippen LogP contribution in [0.3, 0.4) is 0 Å². The van der Waals surface area contributed by atoms with E-state index in [4.69, 9.17) is 9.15 Å². The Kier molecular flexibility index (Phi) is 2.86. The molecule has 2 heterocycles. The van der Waals surface area contributed by atoms with Crippen LogP contribution in [0.4, 0.5) is 0 Å². The summed E-state index contributed by atoms with van der Waals surface area (Å²) in [6.07, 6.45) is 4.93. The standard InChI is InChI=1S/C17H20O3/c18-16(13-6-9-19-17(11-13)7-3-8-17)15-10-12-4-1-2-5-14(12)20-15/h1-2,4-5,10,13,16,18H,3,6-9,11H2. The number of aliphatic hydroxyl groups is 1. The summed E-state index contributed by atoms with van der Waals surface area (Å²) in [4.78, 5) is 0. The summed E-state index contributed by atoms with van der Waals surface area (Å²) in [5.41, 5.74) is 0.919. The van der Waals surface area contributed by atoms with Crippen LogP contribution < -0.4 is 0 Å². The van der Waals surface area contributed by atoms with Crippen LogP contribution >= 0.6 is 0 Å². The smallest absolute Gasteiger partial charge is 0.134 e. The molecule has 106 valence electrons.